The standard InChI is InChI=1S/C19H21N5S/c1-15-2-5-18(6-3-15)25-23-22-14-17-12-16(13-20)4-7-19(17)24-10-8-21-9-11-24/h2-7,12,14,21,23H,8-11H2,1H3/b22-14+. The first-order valence-corrected chi connectivity index (χ1v) is 9.09. The lowest BCUT2D eigenvalue weighted by Crippen LogP contribution is -2.43. The van der Waals surface area contributed by atoms with Crippen LogP contribution in [0.5, 0.6) is 0 Å². The molecule has 0 amide bonds. The Balaban J connectivity index is 1.70. The van der Waals surface area contributed by atoms with Crippen LogP contribution in [0.3, 0.4) is 0 Å². The second-order valence-corrected chi connectivity index (χ2v) is 6.75. The molecule has 0 aliphatic carbocycles. The van der Waals surface area contributed by atoms with Crippen LogP contribution in [0.15, 0.2) is 52.5 Å². The van der Waals surface area contributed by atoms with Crippen LogP contribution in [-0.2, 0) is 0 Å². The lowest BCUT2D eigenvalue weighted by atomic mass is 10.1. The molecule has 0 aromatic heterocycles. The molecule has 0 unspecified atom stereocenters. The largest absolute Gasteiger partial charge is 0.368 e. The topological polar surface area (TPSA) is 63.5 Å². The van der Waals surface area contributed by atoms with Crippen molar-refractivity contribution in [1.82, 2.24) is 10.1 Å². The number of hydrazone groups is 1. The van der Waals surface area contributed by atoms with E-state index in [4.69, 9.17) is 5.26 Å². The maximum Gasteiger partial charge on any atom is 0.0991 e. The van der Waals surface area contributed by atoms with Gasteiger partial charge in [0.25, 0.3) is 0 Å². The molecular formula is C19H21N5S. The van der Waals surface area contributed by atoms with E-state index in [1.165, 1.54) is 17.5 Å². The zero-order chi connectivity index (χ0) is 17.5. The molecule has 1 aliphatic heterocycles. The van der Waals surface area contributed by atoms with E-state index in [1.807, 2.05) is 18.2 Å². The number of hydrogen-bond acceptors (Lipinski definition) is 6. The van der Waals surface area contributed by atoms with Gasteiger partial charge in [-0.1, -0.05) is 17.7 Å². The molecule has 0 radical (unpaired) electrons. The zero-order valence-electron chi connectivity index (χ0n) is 14.2. The summed E-state index contributed by atoms with van der Waals surface area (Å²) in [6.07, 6.45) is 1.79. The zero-order valence-corrected chi connectivity index (χ0v) is 15.0. The van der Waals surface area contributed by atoms with Crippen LogP contribution < -0.4 is 15.0 Å². The van der Waals surface area contributed by atoms with Gasteiger partial charge in [-0.15, -0.1) is 0 Å². The van der Waals surface area contributed by atoms with Crippen LogP contribution in [0.2, 0.25) is 0 Å². The molecule has 5 nitrogen and oxygen atoms in total. The fraction of sp³-hybridized carbons (Fsp3) is 0.263. The van der Waals surface area contributed by atoms with Gasteiger partial charge in [-0.25, -0.2) is 4.83 Å². The maximum absolute atomic E-state index is 9.17. The molecular weight excluding hydrogens is 330 g/mol. The summed E-state index contributed by atoms with van der Waals surface area (Å²) in [7, 11) is 0. The number of benzene rings is 2. The molecule has 1 aliphatic rings. The smallest absolute Gasteiger partial charge is 0.0991 e. The third-order valence-electron chi connectivity index (χ3n) is 4.06. The van der Waals surface area contributed by atoms with Crippen LogP contribution in [-0.4, -0.2) is 32.4 Å². The fourth-order valence-electron chi connectivity index (χ4n) is 2.70. The molecule has 1 heterocycles. The molecule has 3 rings (SSSR count). The van der Waals surface area contributed by atoms with Crippen LogP contribution >= 0.6 is 11.9 Å². The van der Waals surface area contributed by atoms with E-state index in [1.54, 1.807) is 6.21 Å². The number of piperazine rings is 1. The van der Waals surface area contributed by atoms with Gasteiger partial charge in [0.05, 0.1) is 17.8 Å². The van der Waals surface area contributed by atoms with E-state index >= 15 is 0 Å². The van der Waals surface area contributed by atoms with E-state index in [9.17, 15) is 0 Å². The van der Waals surface area contributed by atoms with Gasteiger partial charge >= 0.3 is 0 Å². The summed E-state index contributed by atoms with van der Waals surface area (Å²) < 4.78 is 0. The molecule has 0 spiro atoms. The van der Waals surface area contributed by atoms with Crippen molar-refractivity contribution in [2.75, 3.05) is 31.1 Å². The Bertz CT molecular complexity index is 773. The van der Waals surface area contributed by atoms with Gasteiger partial charge < -0.3 is 10.2 Å². The van der Waals surface area contributed by atoms with Gasteiger partial charge in [0.2, 0.25) is 0 Å². The second-order valence-electron chi connectivity index (χ2n) is 5.89. The summed E-state index contributed by atoms with van der Waals surface area (Å²) >= 11 is 1.46. The minimum atomic E-state index is 0.645. The first-order valence-electron chi connectivity index (χ1n) is 8.27. The number of rotatable bonds is 5. The van der Waals surface area contributed by atoms with Crippen LogP contribution in [0.4, 0.5) is 5.69 Å². The Hall–Kier alpha value is -2.49. The average molecular weight is 351 g/mol. The number of hydrogen-bond donors (Lipinski definition) is 2. The predicted octanol–water partition coefficient (Wildman–Crippen LogP) is 2.91. The quantitative estimate of drug-likeness (QED) is 0.493. The van der Waals surface area contributed by atoms with Crippen molar-refractivity contribution < 1.29 is 0 Å². The third-order valence-corrected chi connectivity index (χ3v) is 4.76. The molecule has 2 aromatic carbocycles. The lowest BCUT2D eigenvalue weighted by molar-refractivity contribution is 0.589. The molecule has 1 fully saturated rings. The highest BCUT2D eigenvalue weighted by Gasteiger charge is 2.13. The predicted molar refractivity (Wildman–Crippen MR) is 104 cm³/mol. The number of aryl methyl sites for hydroxylation is 1. The van der Waals surface area contributed by atoms with E-state index < -0.39 is 0 Å². The fourth-order valence-corrected chi connectivity index (χ4v) is 3.19. The van der Waals surface area contributed by atoms with Gasteiger partial charge in [-0.05, 0) is 37.3 Å². The highest BCUT2D eigenvalue weighted by molar-refractivity contribution is 7.97. The average Bonchev–Trinajstić information content (AvgIpc) is 2.67. The first-order chi connectivity index (χ1) is 12.3. The van der Waals surface area contributed by atoms with Crippen molar-refractivity contribution >= 4 is 23.8 Å². The summed E-state index contributed by atoms with van der Waals surface area (Å²) in [6.45, 7) is 5.92. The van der Waals surface area contributed by atoms with E-state index in [2.05, 4.69) is 57.4 Å². The molecule has 0 saturated carbocycles. The Morgan fingerprint density at radius 2 is 1.96 bits per heavy atom. The van der Waals surface area contributed by atoms with Crippen LogP contribution in [0.25, 0.3) is 0 Å². The first kappa shape index (κ1) is 17.3. The molecule has 128 valence electrons. The van der Waals surface area contributed by atoms with E-state index in [0.717, 1.165) is 42.3 Å². The molecule has 0 bridgehead atoms. The monoisotopic (exact) mass is 351 g/mol. The van der Waals surface area contributed by atoms with Gasteiger partial charge in [0.15, 0.2) is 0 Å². The minimum absolute atomic E-state index is 0.645. The summed E-state index contributed by atoms with van der Waals surface area (Å²) in [6, 6.07) is 16.2. The Morgan fingerprint density at radius 1 is 1.20 bits per heavy atom. The summed E-state index contributed by atoms with van der Waals surface area (Å²) in [5.74, 6) is 0. The van der Waals surface area contributed by atoms with Crippen LogP contribution in [0.1, 0.15) is 16.7 Å². The number of nitrogens with one attached hydrogen (secondary N) is 2. The van der Waals surface area contributed by atoms with Crippen molar-refractivity contribution in [2.45, 2.75) is 11.8 Å². The van der Waals surface area contributed by atoms with E-state index in [0.29, 0.717) is 5.56 Å². The summed E-state index contributed by atoms with van der Waals surface area (Å²) in [5.41, 5.74) is 3.96. The number of nitrogens with zero attached hydrogens (tertiary/aromatic N) is 3. The van der Waals surface area contributed by atoms with Crippen molar-refractivity contribution in [3.05, 3.63) is 59.2 Å². The second kappa shape index (κ2) is 8.56. The third kappa shape index (κ3) is 4.75. The van der Waals surface area contributed by atoms with E-state index in [-0.39, 0.29) is 0 Å². The summed E-state index contributed by atoms with van der Waals surface area (Å²) in [4.78, 5) is 6.44. The molecule has 0 atom stereocenters. The highest BCUT2D eigenvalue weighted by atomic mass is 32.2. The van der Waals surface area contributed by atoms with Gasteiger partial charge in [-0.3, -0.25) is 0 Å². The van der Waals surface area contributed by atoms with Gasteiger partial charge in [-0.2, -0.15) is 10.4 Å². The molecule has 6 heteroatoms. The van der Waals surface area contributed by atoms with Crippen molar-refractivity contribution in [3.8, 4) is 6.07 Å². The number of anilines is 1. The number of nitriles is 1. The minimum Gasteiger partial charge on any atom is -0.368 e. The molecule has 2 N–H and O–H groups in total. The highest BCUT2D eigenvalue weighted by Crippen LogP contribution is 2.21. The molecule has 1 saturated heterocycles. The maximum atomic E-state index is 9.17. The summed E-state index contributed by atoms with van der Waals surface area (Å²) in [5, 5.41) is 16.9. The normalized spacial score (nSPS) is 14.5. The van der Waals surface area contributed by atoms with Crippen molar-refractivity contribution in [1.29, 1.82) is 5.26 Å². The molecule has 2 aromatic rings. The Kier molecular flexibility index (Phi) is 5.94. The SMILES string of the molecule is Cc1ccc(SN/N=C/c2cc(C#N)ccc2N2CCNCC2)cc1. The van der Waals surface area contributed by atoms with Crippen molar-refractivity contribution in [2.24, 2.45) is 5.10 Å². The van der Waals surface area contributed by atoms with Gasteiger partial charge in [0, 0.05) is 54.3 Å². The van der Waals surface area contributed by atoms with Crippen molar-refractivity contribution in [3.63, 3.8) is 0 Å². The van der Waals surface area contributed by atoms with Gasteiger partial charge in [0.1, 0.15) is 0 Å². The van der Waals surface area contributed by atoms with Crippen LogP contribution in [0, 0.1) is 18.3 Å². The Labute approximate surface area is 152 Å². The Morgan fingerprint density at radius 3 is 2.68 bits per heavy atom. The molecule has 25 heavy (non-hydrogen) atoms. The lowest BCUT2D eigenvalue weighted by Gasteiger charge is -2.30.